The Morgan fingerprint density at radius 2 is 2.06 bits per heavy atom. The summed E-state index contributed by atoms with van der Waals surface area (Å²) in [4.78, 5) is 13.2. The van der Waals surface area contributed by atoms with E-state index < -0.39 is 0 Å². The van der Waals surface area contributed by atoms with E-state index in [9.17, 15) is 4.79 Å². The van der Waals surface area contributed by atoms with Crippen molar-refractivity contribution in [2.75, 3.05) is 18.8 Å². The molecule has 1 aromatic carbocycles. The Kier molecular flexibility index (Phi) is 5.65. The summed E-state index contributed by atoms with van der Waals surface area (Å²) in [5.74, 6) is 0.238. The van der Waals surface area contributed by atoms with Crippen molar-refractivity contribution in [3.05, 3.63) is 29.8 Å². The van der Waals surface area contributed by atoms with Gasteiger partial charge in [-0.1, -0.05) is 38.5 Å². The van der Waals surface area contributed by atoms with Crippen molar-refractivity contribution in [1.82, 2.24) is 4.90 Å². The van der Waals surface area contributed by atoms with Gasteiger partial charge in [0, 0.05) is 18.8 Å². The van der Waals surface area contributed by atoms with Crippen LogP contribution in [-0.2, 0) is 11.3 Å². The third kappa shape index (κ3) is 4.75. The van der Waals surface area contributed by atoms with E-state index >= 15 is 0 Å². The van der Waals surface area contributed by atoms with Crippen molar-refractivity contribution < 1.29 is 4.79 Å². The van der Waals surface area contributed by atoms with Gasteiger partial charge in [-0.25, -0.2) is 0 Å². The van der Waals surface area contributed by atoms with Gasteiger partial charge in [-0.15, -0.1) is 0 Å². The van der Waals surface area contributed by atoms with Crippen LogP contribution in [0, 0.1) is 5.92 Å². The molecule has 0 aliphatic rings. The number of rotatable bonds is 7. The van der Waals surface area contributed by atoms with E-state index in [0.717, 1.165) is 24.2 Å². The minimum Gasteiger partial charge on any atom is -0.398 e. The molecule has 4 N–H and O–H groups in total. The molecule has 1 unspecified atom stereocenters. The molecule has 0 aromatic heterocycles. The minimum atomic E-state index is -0.298. The fraction of sp³-hybridized carbons (Fsp3) is 0.500. The third-order valence-corrected chi connectivity index (χ3v) is 3.10. The molecule has 4 nitrogen and oxygen atoms in total. The second-order valence-corrected chi connectivity index (χ2v) is 4.85. The number of nitrogens with two attached hydrogens (primary N) is 2. The van der Waals surface area contributed by atoms with Gasteiger partial charge in [0.25, 0.3) is 0 Å². The van der Waals surface area contributed by atoms with Gasteiger partial charge >= 0.3 is 0 Å². The van der Waals surface area contributed by atoms with Gasteiger partial charge in [0.15, 0.2) is 0 Å². The van der Waals surface area contributed by atoms with Crippen LogP contribution in [-0.4, -0.2) is 23.9 Å². The predicted octanol–water partition coefficient (Wildman–Crippen LogP) is 1.60. The van der Waals surface area contributed by atoms with E-state index in [1.807, 2.05) is 24.3 Å². The standard InChI is InChI=1S/C14H23N3O/c1-3-11(2)8-17(10-14(16)18)9-12-6-4-5-7-13(12)15/h4-7,11H,3,8-10,15H2,1-2H3,(H2,16,18). The fourth-order valence-corrected chi connectivity index (χ4v) is 1.89. The Labute approximate surface area is 109 Å². The van der Waals surface area contributed by atoms with Crippen LogP contribution in [0.5, 0.6) is 0 Å². The highest BCUT2D eigenvalue weighted by atomic mass is 16.1. The second-order valence-electron chi connectivity index (χ2n) is 4.85. The fourth-order valence-electron chi connectivity index (χ4n) is 1.89. The number of benzene rings is 1. The van der Waals surface area contributed by atoms with Gasteiger partial charge in [-0.2, -0.15) is 0 Å². The molecule has 0 saturated heterocycles. The van der Waals surface area contributed by atoms with Crippen molar-refractivity contribution in [3.8, 4) is 0 Å². The summed E-state index contributed by atoms with van der Waals surface area (Å²) >= 11 is 0. The van der Waals surface area contributed by atoms with Crippen LogP contribution in [0.25, 0.3) is 0 Å². The van der Waals surface area contributed by atoms with Gasteiger partial charge in [0.1, 0.15) is 0 Å². The second kappa shape index (κ2) is 7.01. The lowest BCUT2D eigenvalue weighted by molar-refractivity contribution is -0.119. The normalized spacial score (nSPS) is 12.6. The molecular formula is C14H23N3O. The van der Waals surface area contributed by atoms with Crippen molar-refractivity contribution in [3.63, 3.8) is 0 Å². The lowest BCUT2D eigenvalue weighted by Crippen LogP contribution is -2.36. The maximum Gasteiger partial charge on any atom is 0.231 e. The van der Waals surface area contributed by atoms with Crippen LogP contribution in [0.15, 0.2) is 24.3 Å². The third-order valence-electron chi connectivity index (χ3n) is 3.10. The summed E-state index contributed by atoms with van der Waals surface area (Å²) in [6.45, 7) is 6.11. The summed E-state index contributed by atoms with van der Waals surface area (Å²) < 4.78 is 0. The highest BCUT2D eigenvalue weighted by Gasteiger charge is 2.13. The number of carbonyl (C=O) groups excluding carboxylic acids is 1. The topological polar surface area (TPSA) is 72.3 Å². The van der Waals surface area contributed by atoms with Crippen molar-refractivity contribution in [2.45, 2.75) is 26.8 Å². The molecule has 0 bridgehead atoms. The molecule has 0 spiro atoms. The van der Waals surface area contributed by atoms with Crippen LogP contribution in [0.2, 0.25) is 0 Å². The largest absolute Gasteiger partial charge is 0.398 e. The molecule has 0 saturated carbocycles. The zero-order valence-electron chi connectivity index (χ0n) is 11.2. The lowest BCUT2D eigenvalue weighted by Gasteiger charge is -2.24. The number of hydrogen-bond acceptors (Lipinski definition) is 3. The van der Waals surface area contributed by atoms with Crippen molar-refractivity contribution in [2.24, 2.45) is 11.7 Å². The van der Waals surface area contributed by atoms with Crippen LogP contribution >= 0.6 is 0 Å². The molecule has 0 heterocycles. The quantitative estimate of drug-likeness (QED) is 0.721. The van der Waals surface area contributed by atoms with E-state index in [1.165, 1.54) is 0 Å². The first-order valence-corrected chi connectivity index (χ1v) is 6.37. The van der Waals surface area contributed by atoms with E-state index in [1.54, 1.807) is 0 Å². The van der Waals surface area contributed by atoms with Crippen LogP contribution in [0.4, 0.5) is 5.69 Å². The molecule has 0 aliphatic carbocycles. The Balaban J connectivity index is 2.71. The molecule has 1 aromatic rings. The molecule has 100 valence electrons. The molecule has 0 fully saturated rings. The summed E-state index contributed by atoms with van der Waals surface area (Å²) in [5, 5.41) is 0. The monoisotopic (exact) mass is 249 g/mol. The van der Waals surface area contributed by atoms with E-state index in [4.69, 9.17) is 11.5 Å². The lowest BCUT2D eigenvalue weighted by atomic mass is 10.1. The van der Waals surface area contributed by atoms with Gasteiger partial charge in [-0.05, 0) is 17.5 Å². The number of para-hydroxylation sites is 1. The van der Waals surface area contributed by atoms with E-state index in [0.29, 0.717) is 12.5 Å². The summed E-state index contributed by atoms with van der Waals surface area (Å²) in [5.41, 5.74) is 13.0. The molecular weight excluding hydrogens is 226 g/mol. The summed E-state index contributed by atoms with van der Waals surface area (Å²) in [6, 6.07) is 7.73. The number of nitrogen functional groups attached to an aromatic ring is 1. The van der Waals surface area contributed by atoms with Gasteiger partial charge in [0.05, 0.1) is 6.54 Å². The minimum absolute atomic E-state index is 0.276. The first kappa shape index (κ1) is 14.5. The first-order valence-electron chi connectivity index (χ1n) is 6.37. The number of anilines is 1. The highest BCUT2D eigenvalue weighted by Crippen LogP contribution is 2.15. The van der Waals surface area contributed by atoms with E-state index in [-0.39, 0.29) is 12.5 Å². The van der Waals surface area contributed by atoms with Crippen molar-refractivity contribution in [1.29, 1.82) is 0 Å². The Bertz CT molecular complexity index is 392. The molecule has 1 amide bonds. The van der Waals surface area contributed by atoms with Crippen LogP contribution in [0.1, 0.15) is 25.8 Å². The SMILES string of the molecule is CCC(C)CN(CC(N)=O)Cc1ccccc1N. The Hall–Kier alpha value is -1.55. The number of hydrogen-bond donors (Lipinski definition) is 2. The molecule has 0 radical (unpaired) electrons. The molecule has 18 heavy (non-hydrogen) atoms. The van der Waals surface area contributed by atoms with Crippen LogP contribution < -0.4 is 11.5 Å². The average molecular weight is 249 g/mol. The smallest absolute Gasteiger partial charge is 0.231 e. The zero-order valence-corrected chi connectivity index (χ0v) is 11.2. The average Bonchev–Trinajstić information content (AvgIpc) is 2.31. The number of nitrogens with zero attached hydrogens (tertiary/aromatic N) is 1. The van der Waals surface area contributed by atoms with Gasteiger partial charge in [0.2, 0.25) is 5.91 Å². The summed E-state index contributed by atoms with van der Waals surface area (Å²) in [7, 11) is 0. The molecule has 0 aliphatic heterocycles. The Morgan fingerprint density at radius 1 is 1.39 bits per heavy atom. The highest BCUT2D eigenvalue weighted by molar-refractivity contribution is 5.75. The Morgan fingerprint density at radius 3 is 2.61 bits per heavy atom. The van der Waals surface area contributed by atoms with Crippen molar-refractivity contribution >= 4 is 11.6 Å². The van der Waals surface area contributed by atoms with Crippen LogP contribution in [0.3, 0.4) is 0 Å². The van der Waals surface area contributed by atoms with Gasteiger partial charge in [-0.3, -0.25) is 9.69 Å². The van der Waals surface area contributed by atoms with E-state index in [2.05, 4.69) is 18.7 Å². The zero-order chi connectivity index (χ0) is 13.5. The number of primary amides is 1. The predicted molar refractivity (Wildman–Crippen MR) is 74.8 cm³/mol. The molecule has 4 heteroatoms. The number of carbonyl (C=O) groups is 1. The molecule has 1 rings (SSSR count). The maximum absolute atomic E-state index is 11.1. The number of amides is 1. The van der Waals surface area contributed by atoms with Gasteiger partial charge < -0.3 is 11.5 Å². The summed E-state index contributed by atoms with van der Waals surface area (Å²) in [6.07, 6.45) is 1.08. The maximum atomic E-state index is 11.1. The molecule has 1 atom stereocenters. The first-order chi connectivity index (χ1) is 8.52.